The molecule has 1 aromatic rings. The third-order valence-corrected chi connectivity index (χ3v) is 8.03. The van der Waals surface area contributed by atoms with Gasteiger partial charge in [0.25, 0.3) is 0 Å². The van der Waals surface area contributed by atoms with Gasteiger partial charge in [-0.1, -0.05) is 6.92 Å². The Balaban J connectivity index is 0.00000240. The third kappa shape index (κ3) is 4.79. The molecule has 4 fully saturated rings. The number of aromatic hydroxyl groups is 1. The number of esters is 1. The number of hydrogen-bond acceptors (Lipinski definition) is 4. The van der Waals surface area contributed by atoms with Gasteiger partial charge in [0.15, 0.2) is 6.10 Å². The molecular formula is C21H30BrF2NO3S. The van der Waals surface area contributed by atoms with E-state index in [0.717, 1.165) is 36.8 Å². The molecule has 0 spiro atoms. The van der Waals surface area contributed by atoms with Crippen molar-refractivity contribution in [1.82, 2.24) is 0 Å². The van der Waals surface area contributed by atoms with Crippen LogP contribution in [-0.2, 0) is 16.0 Å². The summed E-state index contributed by atoms with van der Waals surface area (Å²) in [6.07, 6.45) is 3.38. The first-order chi connectivity index (χ1) is 13.3. The van der Waals surface area contributed by atoms with Crippen LogP contribution in [0.2, 0.25) is 0 Å². The van der Waals surface area contributed by atoms with E-state index in [-0.39, 0.29) is 60.0 Å². The Morgan fingerprint density at radius 1 is 1.34 bits per heavy atom. The number of rotatable bonds is 6. The van der Waals surface area contributed by atoms with Crippen LogP contribution >= 0.6 is 11.3 Å². The van der Waals surface area contributed by atoms with Crippen LogP contribution in [-0.4, -0.2) is 53.8 Å². The predicted octanol–water partition coefficient (Wildman–Crippen LogP) is 1.47. The van der Waals surface area contributed by atoms with Gasteiger partial charge in [-0.05, 0) is 24.1 Å². The van der Waals surface area contributed by atoms with Crippen LogP contribution in [0.25, 0.3) is 0 Å². The zero-order valence-corrected chi connectivity index (χ0v) is 19.2. The second-order valence-electron chi connectivity index (χ2n) is 9.00. The van der Waals surface area contributed by atoms with Crippen molar-refractivity contribution in [3.8, 4) is 5.75 Å². The first kappa shape index (κ1) is 22.9. The molecule has 0 aromatic carbocycles. The van der Waals surface area contributed by atoms with Crippen LogP contribution in [0.4, 0.5) is 8.78 Å². The Morgan fingerprint density at radius 2 is 2.07 bits per heavy atom. The molecule has 1 aliphatic carbocycles. The summed E-state index contributed by atoms with van der Waals surface area (Å²) < 4.78 is 33.9. The first-order valence-electron chi connectivity index (χ1n) is 10.5. The van der Waals surface area contributed by atoms with Crippen molar-refractivity contribution in [2.24, 2.45) is 5.92 Å². The number of hydrogen-bond donors (Lipinski definition) is 1. The monoisotopic (exact) mass is 493 g/mol. The van der Waals surface area contributed by atoms with Gasteiger partial charge in [0.2, 0.25) is 5.92 Å². The Morgan fingerprint density at radius 3 is 2.69 bits per heavy atom. The molecule has 4 aliphatic rings. The van der Waals surface area contributed by atoms with E-state index < -0.39 is 5.92 Å². The van der Waals surface area contributed by atoms with Gasteiger partial charge in [0.1, 0.15) is 12.3 Å². The average molecular weight is 494 g/mol. The SMILES string of the molecule is CCC[N+]12CCC(CC1)[C@@H](OC(=O)Cc1scc(C3CCC(F)(F)C3)c1O)C2.[Br-]. The molecule has 1 saturated carbocycles. The molecule has 4 nitrogen and oxygen atoms in total. The second-order valence-corrected chi connectivity index (χ2v) is 9.96. The van der Waals surface area contributed by atoms with Crippen LogP contribution < -0.4 is 17.0 Å². The summed E-state index contributed by atoms with van der Waals surface area (Å²) in [5.41, 5.74) is 0.570. The van der Waals surface area contributed by atoms with Crippen molar-refractivity contribution in [3.63, 3.8) is 0 Å². The minimum atomic E-state index is -2.65. The number of piperidine rings is 3. The largest absolute Gasteiger partial charge is 1.00 e. The van der Waals surface area contributed by atoms with E-state index in [1.165, 1.54) is 24.4 Å². The number of quaternary nitrogens is 1. The summed E-state index contributed by atoms with van der Waals surface area (Å²) in [5, 5.41) is 12.2. The summed E-state index contributed by atoms with van der Waals surface area (Å²) in [4.78, 5) is 13.1. The van der Waals surface area contributed by atoms with Gasteiger partial charge in [-0.25, -0.2) is 8.78 Å². The maximum atomic E-state index is 13.5. The minimum absolute atomic E-state index is 0. The van der Waals surface area contributed by atoms with Crippen molar-refractivity contribution < 1.29 is 44.9 Å². The number of halogens is 3. The van der Waals surface area contributed by atoms with Crippen molar-refractivity contribution in [3.05, 3.63) is 15.8 Å². The number of thiophene rings is 1. The van der Waals surface area contributed by atoms with Crippen LogP contribution in [0.15, 0.2) is 5.38 Å². The summed E-state index contributed by atoms with van der Waals surface area (Å²) in [7, 11) is 0. The molecule has 29 heavy (non-hydrogen) atoms. The van der Waals surface area contributed by atoms with Gasteiger partial charge in [0.05, 0.1) is 30.9 Å². The molecular weight excluding hydrogens is 464 g/mol. The van der Waals surface area contributed by atoms with Gasteiger partial charge >= 0.3 is 5.97 Å². The number of alkyl halides is 2. The van der Waals surface area contributed by atoms with Gasteiger partial charge in [0, 0.05) is 37.2 Å². The molecule has 0 radical (unpaired) electrons. The highest BCUT2D eigenvalue weighted by Gasteiger charge is 2.47. The number of carbonyl (C=O) groups is 1. The maximum Gasteiger partial charge on any atom is 0.311 e. The molecule has 1 aromatic heterocycles. The molecule has 1 N–H and O–H groups in total. The lowest BCUT2D eigenvalue weighted by Gasteiger charge is -2.52. The normalized spacial score (nSPS) is 32.7. The predicted molar refractivity (Wildman–Crippen MR) is 104 cm³/mol. The fourth-order valence-electron chi connectivity index (χ4n) is 5.52. The Labute approximate surface area is 185 Å². The molecule has 1 unspecified atom stereocenters. The van der Waals surface area contributed by atoms with Gasteiger partial charge < -0.3 is 31.3 Å². The summed E-state index contributed by atoms with van der Waals surface area (Å²) in [6, 6.07) is 0. The quantitative estimate of drug-likeness (QED) is 0.482. The molecule has 0 amide bonds. The Hall–Kier alpha value is -0.730. The van der Waals surface area contributed by atoms with E-state index >= 15 is 0 Å². The standard InChI is InChI=1S/C21H29F2NO3S.BrH/c1-2-7-24-8-4-14(5-9-24)17(12-24)27-19(25)10-18-20(26)16(13-28-18)15-3-6-21(22,23)11-15;/h13-15,17H,2-12H2,1H3;1H/t14?,15?,17-,24?;/m0./s1. The molecule has 3 saturated heterocycles. The molecule has 164 valence electrons. The molecule has 8 heteroatoms. The number of ether oxygens (including phenoxy) is 1. The zero-order chi connectivity index (χ0) is 19.9. The van der Waals surface area contributed by atoms with Crippen molar-refractivity contribution in [2.75, 3.05) is 26.2 Å². The number of carbonyl (C=O) groups excluding carboxylic acids is 1. The van der Waals surface area contributed by atoms with Crippen LogP contribution in [0.5, 0.6) is 5.75 Å². The van der Waals surface area contributed by atoms with E-state index in [1.807, 2.05) is 0 Å². The summed E-state index contributed by atoms with van der Waals surface area (Å²) >= 11 is 1.28. The number of nitrogens with zero attached hydrogens (tertiary/aromatic N) is 1. The average Bonchev–Trinajstić information content (AvgIpc) is 3.18. The topological polar surface area (TPSA) is 46.5 Å². The van der Waals surface area contributed by atoms with E-state index in [0.29, 0.717) is 22.8 Å². The molecule has 3 aliphatic heterocycles. The fraction of sp³-hybridized carbons (Fsp3) is 0.762. The second kappa shape index (κ2) is 8.79. The lowest BCUT2D eigenvalue weighted by atomic mass is 9.83. The molecule has 2 atom stereocenters. The maximum absolute atomic E-state index is 13.5. The third-order valence-electron chi connectivity index (χ3n) is 7.04. The Bertz CT molecular complexity index is 728. The zero-order valence-electron chi connectivity index (χ0n) is 16.8. The van der Waals surface area contributed by atoms with Crippen molar-refractivity contribution >= 4 is 17.3 Å². The van der Waals surface area contributed by atoms with Crippen LogP contribution in [0, 0.1) is 5.92 Å². The summed E-state index contributed by atoms with van der Waals surface area (Å²) in [5.74, 6) is -2.81. The Kier molecular flexibility index (Phi) is 6.95. The van der Waals surface area contributed by atoms with E-state index in [2.05, 4.69) is 6.92 Å². The number of fused-ring (bicyclic) bond motifs is 3. The van der Waals surface area contributed by atoms with Crippen LogP contribution in [0.3, 0.4) is 0 Å². The highest BCUT2D eigenvalue weighted by molar-refractivity contribution is 7.10. The van der Waals surface area contributed by atoms with E-state index in [9.17, 15) is 18.7 Å². The van der Waals surface area contributed by atoms with Crippen molar-refractivity contribution in [2.45, 2.75) is 69.8 Å². The summed E-state index contributed by atoms with van der Waals surface area (Å²) in [6.45, 7) is 6.62. The fourth-order valence-corrected chi connectivity index (χ4v) is 6.53. The van der Waals surface area contributed by atoms with E-state index in [1.54, 1.807) is 5.38 Å². The molecule has 4 heterocycles. The van der Waals surface area contributed by atoms with Gasteiger partial charge in [-0.2, -0.15) is 0 Å². The van der Waals surface area contributed by atoms with Crippen LogP contribution in [0.1, 0.15) is 61.8 Å². The lowest BCUT2D eigenvalue weighted by molar-refractivity contribution is -0.946. The minimum Gasteiger partial charge on any atom is -1.00 e. The molecule has 5 rings (SSSR count). The molecule has 2 bridgehead atoms. The van der Waals surface area contributed by atoms with Gasteiger partial charge in [-0.3, -0.25) is 4.79 Å². The van der Waals surface area contributed by atoms with Gasteiger partial charge in [-0.15, -0.1) is 11.3 Å². The van der Waals surface area contributed by atoms with E-state index in [4.69, 9.17) is 4.74 Å². The first-order valence-corrected chi connectivity index (χ1v) is 11.4. The highest BCUT2D eigenvalue weighted by Crippen LogP contribution is 2.48. The van der Waals surface area contributed by atoms with Crippen molar-refractivity contribution in [1.29, 1.82) is 0 Å². The highest BCUT2D eigenvalue weighted by atomic mass is 79.9. The lowest BCUT2D eigenvalue weighted by Crippen LogP contribution is -3.00. The smallest absolute Gasteiger partial charge is 0.311 e.